The van der Waals surface area contributed by atoms with E-state index in [0.29, 0.717) is 12.2 Å². The first kappa shape index (κ1) is 15.1. The Morgan fingerprint density at radius 2 is 1.82 bits per heavy atom. The molecule has 1 heterocycles. The first-order valence-electron chi connectivity index (χ1n) is 7.49. The second-order valence-electron chi connectivity index (χ2n) is 5.42. The quantitative estimate of drug-likeness (QED) is 0.815. The molecule has 1 aliphatic heterocycles. The van der Waals surface area contributed by atoms with Crippen molar-refractivity contribution in [2.24, 2.45) is 0 Å². The van der Waals surface area contributed by atoms with E-state index in [-0.39, 0.29) is 5.91 Å². The van der Waals surface area contributed by atoms with Crippen LogP contribution in [0.25, 0.3) is 0 Å². The molecule has 1 fully saturated rings. The molecule has 4 heteroatoms. The number of likely N-dealkylation sites (tertiary alicyclic amines) is 1. The highest BCUT2D eigenvalue weighted by Crippen LogP contribution is 2.26. The topological polar surface area (TPSA) is 29.5 Å². The lowest BCUT2D eigenvalue weighted by atomic mass is 10.2. The molecule has 2 aromatic rings. The Hall–Kier alpha value is -1.81. The zero-order valence-corrected chi connectivity index (χ0v) is 13.9. The van der Waals surface area contributed by atoms with Crippen molar-refractivity contribution in [3.63, 3.8) is 0 Å². The smallest absolute Gasteiger partial charge is 0.255 e. The zero-order valence-electron chi connectivity index (χ0n) is 12.3. The highest BCUT2D eigenvalue weighted by Gasteiger charge is 2.21. The molecule has 1 aliphatic rings. The molecule has 3 rings (SSSR count). The van der Waals surface area contributed by atoms with Gasteiger partial charge >= 0.3 is 0 Å². The SMILES string of the molecule is O=C(c1ccc(OCc2ccccc2)cc1Br)N1CCCC1. The van der Waals surface area contributed by atoms with Gasteiger partial charge in [0, 0.05) is 17.6 Å². The predicted octanol–water partition coefficient (Wildman–Crippen LogP) is 4.26. The number of rotatable bonds is 4. The Morgan fingerprint density at radius 1 is 1.09 bits per heavy atom. The molecule has 1 saturated heterocycles. The minimum Gasteiger partial charge on any atom is -0.489 e. The molecule has 0 aromatic heterocycles. The fourth-order valence-corrected chi connectivity index (χ4v) is 3.12. The molecule has 2 aromatic carbocycles. The minimum absolute atomic E-state index is 0.0963. The van der Waals surface area contributed by atoms with Crippen LogP contribution >= 0.6 is 15.9 Å². The number of hydrogen-bond acceptors (Lipinski definition) is 2. The van der Waals surface area contributed by atoms with Crippen LogP contribution in [0, 0.1) is 0 Å². The standard InChI is InChI=1S/C18H18BrNO2/c19-17-12-15(22-13-14-6-2-1-3-7-14)8-9-16(17)18(21)20-10-4-5-11-20/h1-3,6-9,12H,4-5,10-11,13H2. The predicted molar refractivity (Wildman–Crippen MR) is 90.1 cm³/mol. The molecule has 22 heavy (non-hydrogen) atoms. The second-order valence-corrected chi connectivity index (χ2v) is 6.27. The van der Waals surface area contributed by atoms with Crippen LogP contribution < -0.4 is 4.74 Å². The van der Waals surface area contributed by atoms with Crippen molar-refractivity contribution in [2.45, 2.75) is 19.4 Å². The summed E-state index contributed by atoms with van der Waals surface area (Å²) in [6.45, 7) is 2.24. The van der Waals surface area contributed by atoms with Gasteiger partial charge in [0.15, 0.2) is 0 Å². The number of carbonyl (C=O) groups excluding carboxylic acids is 1. The number of nitrogens with zero attached hydrogens (tertiary/aromatic N) is 1. The number of benzene rings is 2. The van der Waals surface area contributed by atoms with Crippen LogP contribution in [-0.2, 0) is 6.61 Å². The van der Waals surface area contributed by atoms with Gasteiger partial charge in [-0.3, -0.25) is 4.79 Å². The molecule has 114 valence electrons. The van der Waals surface area contributed by atoms with Crippen LogP contribution in [0.1, 0.15) is 28.8 Å². The van der Waals surface area contributed by atoms with E-state index < -0.39 is 0 Å². The normalized spacial score (nSPS) is 14.1. The third kappa shape index (κ3) is 3.50. The van der Waals surface area contributed by atoms with Crippen LogP contribution in [0.5, 0.6) is 5.75 Å². The molecule has 0 aliphatic carbocycles. The Labute approximate surface area is 139 Å². The van der Waals surface area contributed by atoms with Crippen molar-refractivity contribution in [3.05, 3.63) is 64.1 Å². The van der Waals surface area contributed by atoms with Crippen LogP contribution in [0.15, 0.2) is 53.0 Å². The van der Waals surface area contributed by atoms with Gasteiger partial charge in [-0.1, -0.05) is 30.3 Å². The van der Waals surface area contributed by atoms with E-state index in [1.54, 1.807) is 0 Å². The third-order valence-corrected chi connectivity index (χ3v) is 4.47. The maximum Gasteiger partial charge on any atom is 0.255 e. The van der Waals surface area contributed by atoms with Crippen LogP contribution in [0.4, 0.5) is 0 Å². The van der Waals surface area contributed by atoms with E-state index in [1.807, 2.05) is 53.4 Å². The fourth-order valence-electron chi connectivity index (χ4n) is 2.59. The van der Waals surface area contributed by atoms with Crippen molar-refractivity contribution >= 4 is 21.8 Å². The molecular weight excluding hydrogens is 342 g/mol. The van der Waals surface area contributed by atoms with Crippen molar-refractivity contribution in [1.29, 1.82) is 0 Å². The van der Waals surface area contributed by atoms with Crippen LogP contribution in [-0.4, -0.2) is 23.9 Å². The Balaban J connectivity index is 1.68. The van der Waals surface area contributed by atoms with Crippen molar-refractivity contribution in [3.8, 4) is 5.75 Å². The second kappa shape index (κ2) is 6.97. The molecule has 0 spiro atoms. The van der Waals surface area contributed by atoms with Crippen molar-refractivity contribution in [2.75, 3.05) is 13.1 Å². The Bertz CT molecular complexity index is 651. The fraction of sp³-hybridized carbons (Fsp3) is 0.278. The summed E-state index contributed by atoms with van der Waals surface area (Å²) < 4.78 is 6.57. The first-order valence-corrected chi connectivity index (χ1v) is 8.29. The summed E-state index contributed by atoms with van der Waals surface area (Å²) in [5, 5.41) is 0. The maximum absolute atomic E-state index is 12.4. The van der Waals surface area contributed by atoms with E-state index in [0.717, 1.165) is 41.7 Å². The minimum atomic E-state index is 0.0963. The van der Waals surface area contributed by atoms with Gasteiger partial charge in [-0.05, 0) is 52.5 Å². The lowest BCUT2D eigenvalue weighted by Crippen LogP contribution is -2.27. The van der Waals surface area contributed by atoms with E-state index in [9.17, 15) is 4.79 Å². The lowest BCUT2D eigenvalue weighted by Gasteiger charge is -2.16. The van der Waals surface area contributed by atoms with E-state index in [4.69, 9.17) is 4.74 Å². The average Bonchev–Trinajstić information content (AvgIpc) is 3.08. The molecule has 0 bridgehead atoms. The van der Waals surface area contributed by atoms with Gasteiger partial charge in [-0.25, -0.2) is 0 Å². The molecule has 0 N–H and O–H groups in total. The summed E-state index contributed by atoms with van der Waals surface area (Å²) >= 11 is 3.49. The number of ether oxygens (including phenoxy) is 1. The van der Waals surface area contributed by atoms with Gasteiger partial charge in [-0.15, -0.1) is 0 Å². The van der Waals surface area contributed by atoms with E-state index >= 15 is 0 Å². The lowest BCUT2D eigenvalue weighted by molar-refractivity contribution is 0.0792. The maximum atomic E-state index is 12.4. The monoisotopic (exact) mass is 359 g/mol. The van der Waals surface area contributed by atoms with Crippen LogP contribution in [0.3, 0.4) is 0 Å². The molecule has 3 nitrogen and oxygen atoms in total. The first-order chi connectivity index (χ1) is 10.7. The molecule has 0 radical (unpaired) electrons. The molecular formula is C18H18BrNO2. The summed E-state index contributed by atoms with van der Waals surface area (Å²) in [6.07, 6.45) is 2.20. The summed E-state index contributed by atoms with van der Waals surface area (Å²) in [7, 11) is 0. The van der Waals surface area contributed by atoms with Gasteiger partial charge in [0.1, 0.15) is 12.4 Å². The highest BCUT2D eigenvalue weighted by atomic mass is 79.9. The molecule has 0 saturated carbocycles. The van der Waals surface area contributed by atoms with Gasteiger partial charge in [0.05, 0.1) is 5.56 Å². The van der Waals surface area contributed by atoms with Crippen molar-refractivity contribution in [1.82, 2.24) is 4.90 Å². The molecule has 0 atom stereocenters. The number of halogens is 1. The molecule has 0 unspecified atom stereocenters. The van der Waals surface area contributed by atoms with Gasteiger partial charge in [-0.2, -0.15) is 0 Å². The Kier molecular flexibility index (Phi) is 4.78. The van der Waals surface area contributed by atoms with Gasteiger partial charge < -0.3 is 9.64 Å². The van der Waals surface area contributed by atoms with Gasteiger partial charge in [0.25, 0.3) is 5.91 Å². The zero-order chi connectivity index (χ0) is 15.4. The largest absolute Gasteiger partial charge is 0.489 e. The number of hydrogen-bond donors (Lipinski definition) is 0. The summed E-state index contributed by atoms with van der Waals surface area (Å²) in [6, 6.07) is 15.6. The summed E-state index contributed by atoms with van der Waals surface area (Å²) in [5.74, 6) is 0.854. The highest BCUT2D eigenvalue weighted by molar-refractivity contribution is 9.10. The average molecular weight is 360 g/mol. The Morgan fingerprint density at radius 3 is 2.50 bits per heavy atom. The summed E-state index contributed by atoms with van der Waals surface area (Å²) in [4.78, 5) is 14.3. The van der Waals surface area contributed by atoms with Crippen molar-refractivity contribution < 1.29 is 9.53 Å². The number of carbonyl (C=O) groups is 1. The van der Waals surface area contributed by atoms with Crippen LogP contribution in [0.2, 0.25) is 0 Å². The van der Waals surface area contributed by atoms with E-state index in [2.05, 4.69) is 15.9 Å². The van der Waals surface area contributed by atoms with Gasteiger partial charge in [0.2, 0.25) is 0 Å². The van der Waals surface area contributed by atoms with E-state index in [1.165, 1.54) is 0 Å². The number of amides is 1. The third-order valence-electron chi connectivity index (χ3n) is 3.81. The molecule has 1 amide bonds. The summed E-state index contributed by atoms with van der Waals surface area (Å²) in [5.41, 5.74) is 1.82.